The van der Waals surface area contributed by atoms with Gasteiger partial charge in [-0.05, 0) is 24.3 Å². The molecule has 16 heavy (non-hydrogen) atoms. The van der Waals surface area contributed by atoms with Gasteiger partial charge in [-0.3, -0.25) is 4.68 Å². The number of methoxy groups -OCH3 is 1. The molecule has 2 aromatic rings. The predicted octanol–water partition coefficient (Wildman–Crippen LogP) is 1.81. The first-order chi connectivity index (χ1) is 7.83. The van der Waals surface area contributed by atoms with Gasteiger partial charge >= 0.3 is 0 Å². The monoisotopic (exact) mass is 213 g/mol. The third-order valence-corrected chi connectivity index (χ3v) is 2.30. The predicted molar refractivity (Wildman–Crippen MR) is 59.0 cm³/mol. The van der Waals surface area contributed by atoms with E-state index in [0.717, 1.165) is 11.3 Å². The smallest absolute Gasteiger partial charge is 0.124 e. The van der Waals surface area contributed by atoms with Crippen molar-refractivity contribution in [1.29, 1.82) is 5.26 Å². The molecule has 0 radical (unpaired) electrons. The van der Waals surface area contributed by atoms with Crippen molar-refractivity contribution < 1.29 is 4.74 Å². The molecule has 80 valence electrons. The van der Waals surface area contributed by atoms with Gasteiger partial charge in [-0.25, -0.2) is 0 Å². The molecule has 1 aromatic carbocycles. The molecule has 0 aliphatic heterocycles. The fourth-order valence-electron chi connectivity index (χ4n) is 1.54. The second-order valence-electron chi connectivity index (χ2n) is 3.34. The number of aromatic nitrogens is 2. The summed E-state index contributed by atoms with van der Waals surface area (Å²) in [5.41, 5.74) is 1.58. The summed E-state index contributed by atoms with van der Waals surface area (Å²) in [5, 5.41) is 13.0. The van der Waals surface area contributed by atoms with Crippen LogP contribution in [0.2, 0.25) is 0 Å². The van der Waals surface area contributed by atoms with Crippen molar-refractivity contribution in [3.05, 3.63) is 47.8 Å². The van der Waals surface area contributed by atoms with Gasteiger partial charge in [0.2, 0.25) is 0 Å². The van der Waals surface area contributed by atoms with E-state index in [-0.39, 0.29) is 0 Å². The molecule has 4 heteroatoms. The van der Waals surface area contributed by atoms with E-state index in [0.29, 0.717) is 12.1 Å². The maximum absolute atomic E-state index is 8.84. The molecule has 0 amide bonds. The lowest BCUT2D eigenvalue weighted by Gasteiger charge is -2.08. The van der Waals surface area contributed by atoms with Gasteiger partial charge in [0.05, 0.1) is 25.3 Å². The largest absolute Gasteiger partial charge is 0.496 e. The molecule has 1 heterocycles. The summed E-state index contributed by atoms with van der Waals surface area (Å²) in [7, 11) is 1.62. The molecule has 0 aliphatic rings. The van der Waals surface area contributed by atoms with E-state index >= 15 is 0 Å². The number of ether oxygens (including phenoxy) is 1. The standard InChI is InChI=1S/C12H11N3O/c1-16-12-4-3-10(8-13)7-11(12)9-15-6-2-5-14-15/h2-7H,9H2,1H3. The van der Waals surface area contributed by atoms with Crippen molar-refractivity contribution in [2.75, 3.05) is 7.11 Å². The number of benzene rings is 1. The second-order valence-corrected chi connectivity index (χ2v) is 3.34. The maximum atomic E-state index is 8.84. The SMILES string of the molecule is COc1ccc(C#N)cc1Cn1cccn1. The molecule has 0 fully saturated rings. The van der Waals surface area contributed by atoms with Crippen LogP contribution in [0.15, 0.2) is 36.7 Å². The molecule has 0 unspecified atom stereocenters. The van der Waals surface area contributed by atoms with Crippen molar-refractivity contribution >= 4 is 0 Å². The first-order valence-corrected chi connectivity index (χ1v) is 4.88. The highest BCUT2D eigenvalue weighted by Gasteiger charge is 2.05. The minimum absolute atomic E-state index is 0.603. The summed E-state index contributed by atoms with van der Waals surface area (Å²) in [6.07, 6.45) is 3.60. The Kier molecular flexibility index (Phi) is 2.88. The minimum Gasteiger partial charge on any atom is -0.496 e. The van der Waals surface area contributed by atoms with Gasteiger partial charge in [-0.1, -0.05) is 0 Å². The van der Waals surface area contributed by atoms with Crippen LogP contribution in [0, 0.1) is 11.3 Å². The van der Waals surface area contributed by atoms with Crippen molar-refractivity contribution in [2.24, 2.45) is 0 Å². The van der Waals surface area contributed by atoms with E-state index in [9.17, 15) is 0 Å². The first-order valence-electron chi connectivity index (χ1n) is 4.88. The lowest BCUT2D eigenvalue weighted by molar-refractivity contribution is 0.407. The molecule has 0 N–H and O–H groups in total. The van der Waals surface area contributed by atoms with E-state index in [4.69, 9.17) is 10.00 Å². The lowest BCUT2D eigenvalue weighted by Crippen LogP contribution is -2.02. The van der Waals surface area contributed by atoms with Crippen LogP contribution < -0.4 is 4.74 Å². The topological polar surface area (TPSA) is 50.8 Å². The summed E-state index contributed by atoms with van der Waals surface area (Å²) in [6.45, 7) is 0.603. The summed E-state index contributed by atoms with van der Waals surface area (Å²) in [6, 6.07) is 9.34. The van der Waals surface area contributed by atoms with E-state index in [1.165, 1.54) is 0 Å². The Morgan fingerprint density at radius 2 is 2.38 bits per heavy atom. The quantitative estimate of drug-likeness (QED) is 0.781. The van der Waals surface area contributed by atoms with Crippen LogP contribution in [-0.2, 0) is 6.54 Å². The number of rotatable bonds is 3. The zero-order valence-electron chi connectivity index (χ0n) is 8.92. The Morgan fingerprint density at radius 3 is 3.00 bits per heavy atom. The van der Waals surface area contributed by atoms with Gasteiger partial charge in [0.1, 0.15) is 5.75 Å². The maximum Gasteiger partial charge on any atom is 0.124 e. The van der Waals surface area contributed by atoms with Gasteiger partial charge in [0.15, 0.2) is 0 Å². The highest BCUT2D eigenvalue weighted by Crippen LogP contribution is 2.20. The average Bonchev–Trinajstić information content (AvgIpc) is 2.82. The van der Waals surface area contributed by atoms with E-state index < -0.39 is 0 Å². The van der Waals surface area contributed by atoms with E-state index in [1.54, 1.807) is 30.1 Å². The highest BCUT2D eigenvalue weighted by molar-refractivity contribution is 5.42. The van der Waals surface area contributed by atoms with Crippen LogP contribution in [0.1, 0.15) is 11.1 Å². The zero-order valence-corrected chi connectivity index (χ0v) is 8.92. The molecule has 4 nitrogen and oxygen atoms in total. The number of nitriles is 1. The van der Waals surface area contributed by atoms with Gasteiger partial charge in [0.25, 0.3) is 0 Å². The fraction of sp³-hybridized carbons (Fsp3) is 0.167. The van der Waals surface area contributed by atoms with Crippen molar-refractivity contribution in [2.45, 2.75) is 6.54 Å². The summed E-state index contributed by atoms with van der Waals surface area (Å²) in [5.74, 6) is 0.773. The number of hydrogen-bond acceptors (Lipinski definition) is 3. The molecule has 0 spiro atoms. The normalized spacial score (nSPS) is 9.75. The van der Waals surface area contributed by atoms with Crippen LogP contribution in [0.5, 0.6) is 5.75 Å². The van der Waals surface area contributed by atoms with E-state index in [1.807, 2.05) is 18.3 Å². The van der Waals surface area contributed by atoms with Crippen LogP contribution in [0.3, 0.4) is 0 Å². The molecule has 0 saturated carbocycles. The Bertz CT molecular complexity index is 512. The highest BCUT2D eigenvalue weighted by atomic mass is 16.5. The molecule has 0 aliphatic carbocycles. The summed E-state index contributed by atoms with van der Waals surface area (Å²) >= 11 is 0. The van der Waals surface area contributed by atoms with Crippen molar-refractivity contribution in [3.63, 3.8) is 0 Å². The molecular formula is C12H11N3O. The molecule has 0 atom stereocenters. The van der Waals surface area contributed by atoms with Gasteiger partial charge in [-0.2, -0.15) is 10.4 Å². The Hall–Kier alpha value is -2.28. The first kappa shape index (κ1) is 10.2. The minimum atomic E-state index is 0.603. The van der Waals surface area contributed by atoms with E-state index in [2.05, 4.69) is 11.2 Å². The van der Waals surface area contributed by atoms with Gasteiger partial charge < -0.3 is 4.74 Å². The number of nitrogens with zero attached hydrogens (tertiary/aromatic N) is 3. The average molecular weight is 213 g/mol. The third-order valence-electron chi connectivity index (χ3n) is 2.30. The Balaban J connectivity index is 2.34. The zero-order chi connectivity index (χ0) is 11.4. The molecule has 0 bridgehead atoms. The van der Waals surface area contributed by atoms with Crippen molar-refractivity contribution in [3.8, 4) is 11.8 Å². The summed E-state index contributed by atoms with van der Waals surface area (Å²) < 4.78 is 7.03. The fourth-order valence-corrected chi connectivity index (χ4v) is 1.54. The van der Waals surface area contributed by atoms with Gasteiger partial charge in [-0.15, -0.1) is 0 Å². The molecule has 1 aromatic heterocycles. The molecule has 0 saturated heterocycles. The van der Waals surface area contributed by atoms with Crippen LogP contribution in [-0.4, -0.2) is 16.9 Å². The Labute approximate surface area is 93.7 Å². The third kappa shape index (κ3) is 2.04. The Morgan fingerprint density at radius 1 is 1.50 bits per heavy atom. The van der Waals surface area contributed by atoms with Crippen LogP contribution >= 0.6 is 0 Å². The molecular weight excluding hydrogens is 202 g/mol. The number of hydrogen-bond donors (Lipinski definition) is 0. The van der Waals surface area contributed by atoms with Crippen LogP contribution in [0.25, 0.3) is 0 Å². The molecule has 2 rings (SSSR count). The van der Waals surface area contributed by atoms with Gasteiger partial charge in [0, 0.05) is 18.0 Å². The van der Waals surface area contributed by atoms with Crippen molar-refractivity contribution in [1.82, 2.24) is 9.78 Å². The second kappa shape index (κ2) is 4.49. The lowest BCUT2D eigenvalue weighted by atomic mass is 10.1. The summed E-state index contributed by atoms with van der Waals surface area (Å²) in [4.78, 5) is 0. The van der Waals surface area contributed by atoms with Crippen LogP contribution in [0.4, 0.5) is 0 Å².